The van der Waals surface area contributed by atoms with Crippen molar-refractivity contribution < 1.29 is 9.32 Å². The summed E-state index contributed by atoms with van der Waals surface area (Å²) in [6.07, 6.45) is 1.85. The van der Waals surface area contributed by atoms with Crippen LogP contribution in [0.4, 0.5) is 0 Å². The summed E-state index contributed by atoms with van der Waals surface area (Å²) >= 11 is 0. The van der Waals surface area contributed by atoms with E-state index in [0.717, 1.165) is 0 Å². The van der Waals surface area contributed by atoms with Crippen LogP contribution < -0.4 is 5.32 Å². The largest absolute Gasteiger partial charge is 0.345 e. The molecular formula is C8H9N3O2. The standard InChI is InChI=1S/C8H9N3O2/c1-2-3-7(12)9-5-4-8-10-6-11-13-8/h6H,4-5H2,1H3,(H,9,12). The molecule has 0 atom stereocenters. The molecule has 0 fully saturated rings. The molecule has 1 rings (SSSR count). The predicted octanol–water partition coefficient (Wildman–Crippen LogP) is -0.248. The Morgan fingerprint density at radius 2 is 2.62 bits per heavy atom. The second-order valence-corrected chi connectivity index (χ2v) is 2.22. The Bertz CT molecular complexity index is 321. The summed E-state index contributed by atoms with van der Waals surface area (Å²) < 4.78 is 4.73. The molecule has 0 unspecified atom stereocenters. The van der Waals surface area contributed by atoms with Crippen LogP contribution in [0.1, 0.15) is 12.8 Å². The van der Waals surface area contributed by atoms with Crippen LogP contribution in [0.5, 0.6) is 0 Å². The van der Waals surface area contributed by atoms with Gasteiger partial charge in [-0.15, -0.1) is 0 Å². The van der Waals surface area contributed by atoms with Crippen molar-refractivity contribution in [1.82, 2.24) is 15.5 Å². The summed E-state index contributed by atoms with van der Waals surface area (Å²) in [5.41, 5.74) is 0. The number of hydrogen-bond acceptors (Lipinski definition) is 4. The van der Waals surface area contributed by atoms with Crippen molar-refractivity contribution in [2.45, 2.75) is 13.3 Å². The lowest BCUT2D eigenvalue weighted by Crippen LogP contribution is -2.23. The van der Waals surface area contributed by atoms with Crippen molar-refractivity contribution in [3.05, 3.63) is 12.2 Å². The second-order valence-electron chi connectivity index (χ2n) is 2.22. The van der Waals surface area contributed by atoms with Crippen molar-refractivity contribution >= 4 is 5.91 Å². The van der Waals surface area contributed by atoms with Crippen LogP contribution in [0.15, 0.2) is 10.9 Å². The lowest BCUT2D eigenvalue weighted by Gasteiger charge is -1.95. The zero-order valence-corrected chi connectivity index (χ0v) is 7.20. The van der Waals surface area contributed by atoms with E-state index in [1.54, 1.807) is 6.92 Å². The van der Waals surface area contributed by atoms with E-state index in [0.29, 0.717) is 18.9 Å². The Hall–Kier alpha value is -1.83. The third-order valence-electron chi connectivity index (χ3n) is 1.27. The molecule has 0 spiro atoms. The number of rotatable bonds is 3. The van der Waals surface area contributed by atoms with Crippen molar-refractivity contribution in [3.63, 3.8) is 0 Å². The molecule has 0 aliphatic carbocycles. The van der Waals surface area contributed by atoms with E-state index in [1.807, 2.05) is 0 Å². The average molecular weight is 179 g/mol. The van der Waals surface area contributed by atoms with Crippen molar-refractivity contribution in [1.29, 1.82) is 0 Å². The number of carbonyl (C=O) groups excluding carboxylic acids is 1. The molecule has 1 aromatic heterocycles. The second kappa shape index (κ2) is 4.93. The van der Waals surface area contributed by atoms with Gasteiger partial charge < -0.3 is 9.84 Å². The minimum atomic E-state index is -0.290. The van der Waals surface area contributed by atoms with Gasteiger partial charge in [0.05, 0.1) is 0 Å². The molecule has 1 aromatic rings. The molecule has 0 aromatic carbocycles. The van der Waals surface area contributed by atoms with Crippen LogP contribution in [0.3, 0.4) is 0 Å². The molecule has 0 aliphatic heterocycles. The first-order chi connectivity index (χ1) is 6.33. The maximum Gasteiger partial charge on any atom is 0.295 e. The van der Waals surface area contributed by atoms with Gasteiger partial charge >= 0.3 is 0 Å². The zero-order valence-electron chi connectivity index (χ0n) is 7.20. The van der Waals surface area contributed by atoms with Crippen molar-refractivity contribution in [3.8, 4) is 11.8 Å². The summed E-state index contributed by atoms with van der Waals surface area (Å²) in [7, 11) is 0. The van der Waals surface area contributed by atoms with Crippen LogP contribution in [0, 0.1) is 11.8 Å². The molecule has 5 heteroatoms. The molecule has 1 heterocycles. The van der Waals surface area contributed by atoms with Gasteiger partial charge in [-0.2, -0.15) is 4.98 Å². The highest BCUT2D eigenvalue weighted by Gasteiger charge is 1.99. The summed E-state index contributed by atoms with van der Waals surface area (Å²) in [5, 5.41) is 6.01. The van der Waals surface area contributed by atoms with Gasteiger partial charge in [0.15, 0.2) is 6.33 Å². The van der Waals surface area contributed by atoms with Gasteiger partial charge in [0.2, 0.25) is 5.89 Å². The highest BCUT2D eigenvalue weighted by Crippen LogP contribution is 1.89. The van der Waals surface area contributed by atoms with Crippen LogP contribution in [-0.2, 0) is 11.2 Å². The summed E-state index contributed by atoms with van der Waals surface area (Å²) in [5.74, 6) is 5.07. The number of nitrogens with one attached hydrogen (secondary N) is 1. The molecular weight excluding hydrogens is 170 g/mol. The fourth-order valence-corrected chi connectivity index (χ4v) is 0.747. The molecule has 13 heavy (non-hydrogen) atoms. The lowest BCUT2D eigenvalue weighted by molar-refractivity contribution is -0.115. The average Bonchev–Trinajstić information content (AvgIpc) is 2.57. The van der Waals surface area contributed by atoms with E-state index in [2.05, 4.69) is 27.3 Å². The van der Waals surface area contributed by atoms with Gasteiger partial charge in [0.25, 0.3) is 5.91 Å². The highest BCUT2D eigenvalue weighted by molar-refractivity contribution is 5.93. The maximum atomic E-state index is 10.8. The number of amides is 1. The molecule has 5 nitrogen and oxygen atoms in total. The first-order valence-electron chi connectivity index (χ1n) is 3.79. The van der Waals surface area contributed by atoms with Crippen LogP contribution in [-0.4, -0.2) is 22.6 Å². The predicted molar refractivity (Wildman–Crippen MR) is 44.5 cm³/mol. The quantitative estimate of drug-likeness (QED) is 0.650. The fraction of sp³-hybridized carbons (Fsp3) is 0.375. The molecule has 1 N–H and O–H groups in total. The Morgan fingerprint density at radius 1 is 1.77 bits per heavy atom. The molecule has 0 radical (unpaired) electrons. The third-order valence-corrected chi connectivity index (χ3v) is 1.27. The van der Waals surface area contributed by atoms with Gasteiger partial charge in [-0.25, -0.2) is 0 Å². The van der Waals surface area contributed by atoms with Gasteiger partial charge in [0.1, 0.15) is 0 Å². The van der Waals surface area contributed by atoms with E-state index in [-0.39, 0.29) is 5.91 Å². The fourth-order valence-electron chi connectivity index (χ4n) is 0.747. The number of carbonyl (C=O) groups is 1. The first kappa shape index (κ1) is 9.26. The van der Waals surface area contributed by atoms with Crippen LogP contribution in [0.2, 0.25) is 0 Å². The van der Waals surface area contributed by atoms with E-state index < -0.39 is 0 Å². The van der Waals surface area contributed by atoms with E-state index in [9.17, 15) is 4.79 Å². The van der Waals surface area contributed by atoms with E-state index in [1.165, 1.54) is 6.33 Å². The smallest absolute Gasteiger partial charge is 0.295 e. The highest BCUT2D eigenvalue weighted by atomic mass is 16.5. The SMILES string of the molecule is CC#CC(=O)NCCc1ncno1. The Balaban J connectivity index is 2.20. The number of aromatic nitrogens is 2. The Labute approximate surface area is 75.5 Å². The van der Waals surface area contributed by atoms with E-state index >= 15 is 0 Å². The minimum absolute atomic E-state index is 0.290. The summed E-state index contributed by atoms with van der Waals surface area (Å²) in [6.45, 7) is 2.06. The number of nitrogens with zero attached hydrogens (tertiary/aromatic N) is 2. The molecule has 0 bridgehead atoms. The van der Waals surface area contributed by atoms with Gasteiger partial charge in [-0.1, -0.05) is 11.1 Å². The van der Waals surface area contributed by atoms with Crippen LogP contribution in [0.25, 0.3) is 0 Å². The van der Waals surface area contributed by atoms with Crippen LogP contribution >= 0.6 is 0 Å². The third kappa shape index (κ3) is 3.38. The monoisotopic (exact) mass is 179 g/mol. The van der Waals surface area contributed by atoms with E-state index in [4.69, 9.17) is 4.52 Å². The summed E-state index contributed by atoms with van der Waals surface area (Å²) in [4.78, 5) is 14.6. The lowest BCUT2D eigenvalue weighted by atomic mass is 10.4. The normalized spacial score (nSPS) is 8.69. The minimum Gasteiger partial charge on any atom is -0.345 e. The number of hydrogen-bond donors (Lipinski definition) is 1. The van der Waals surface area contributed by atoms with Gasteiger partial charge in [0, 0.05) is 13.0 Å². The molecule has 0 aliphatic rings. The molecule has 1 amide bonds. The molecule has 0 saturated heterocycles. The van der Waals surface area contributed by atoms with Crippen molar-refractivity contribution in [2.24, 2.45) is 0 Å². The Morgan fingerprint density at radius 3 is 3.23 bits per heavy atom. The first-order valence-corrected chi connectivity index (χ1v) is 3.79. The maximum absolute atomic E-state index is 10.8. The Kier molecular flexibility index (Phi) is 3.51. The van der Waals surface area contributed by atoms with Gasteiger partial charge in [-0.3, -0.25) is 4.79 Å². The molecule has 68 valence electrons. The summed E-state index contributed by atoms with van der Waals surface area (Å²) in [6, 6.07) is 0. The van der Waals surface area contributed by atoms with Crippen molar-refractivity contribution in [2.75, 3.05) is 6.54 Å². The molecule has 0 saturated carbocycles. The zero-order chi connectivity index (χ0) is 9.52. The van der Waals surface area contributed by atoms with Gasteiger partial charge in [-0.05, 0) is 12.8 Å². The topological polar surface area (TPSA) is 68.0 Å².